The summed E-state index contributed by atoms with van der Waals surface area (Å²) in [6.07, 6.45) is -5.69. The van der Waals surface area contributed by atoms with Gasteiger partial charge in [0.25, 0.3) is 5.69 Å². The fourth-order valence-electron chi connectivity index (χ4n) is 1.89. The Balaban J connectivity index is 2.23. The topological polar surface area (TPSA) is 56.0 Å². The van der Waals surface area contributed by atoms with Gasteiger partial charge >= 0.3 is 12.1 Å². The van der Waals surface area contributed by atoms with E-state index in [0.717, 1.165) is 0 Å². The minimum atomic E-state index is -5.71. The van der Waals surface area contributed by atoms with Gasteiger partial charge in [0, 0.05) is 23.4 Å². The van der Waals surface area contributed by atoms with Gasteiger partial charge in [0.15, 0.2) is 0 Å². The van der Waals surface area contributed by atoms with Gasteiger partial charge in [-0.1, -0.05) is 6.07 Å². The van der Waals surface area contributed by atoms with Crippen molar-refractivity contribution in [2.24, 2.45) is 0 Å². The molecule has 0 spiro atoms. The second-order valence-electron chi connectivity index (χ2n) is 4.75. The molecule has 0 radical (unpaired) electrons. The SMILES string of the molecule is Cc1cc(Cc2nc(C(F)(F)C(F)(F)F)cs2)ccc1[N+](=O)[O-]. The lowest BCUT2D eigenvalue weighted by Gasteiger charge is -2.16. The van der Waals surface area contributed by atoms with Crippen LogP contribution in [0.15, 0.2) is 23.6 Å². The maximum atomic E-state index is 13.2. The standard InChI is InChI=1S/C13H9F5N2O2S/c1-7-4-8(2-3-9(7)20(21)22)5-11-19-10(6-23-11)12(14,15)13(16,17)18/h2-4,6H,5H2,1H3. The first kappa shape index (κ1) is 17.3. The van der Waals surface area contributed by atoms with Gasteiger partial charge in [0.05, 0.1) is 9.93 Å². The molecule has 0 N–H and O–H groups in total. The molecule has 0 bridgehead atoms. The number of aryl methyl sites for hydroxylation is 1. The van der Waals surface area contributed by atoms with Crippen LogP contribution in [0.5, 0.6) is 0 Å². The van der Waals surface area contributed by atoms with E-state index in [1.807, 2.05) is 0 Å². The summed E-state index contributed by atoms with van der Waals surface area (Å²) >= 11 is 0.679. The highest BCUT2D eigenvalue weighted by Gasteiger charge is 2.60. The van der Waals surface area contributed by atoms with Gasteiger partial charge in [-0.25, -0.2) is 4.98 Å². The largest absolute Gasteiger partial charge is 0.459 e. The summed E-state index contributed by atoms with van der Waals surface area (Å²) in [6.45, 7) is 1.51. The first-order valence-electron chi connectivity index (χ1n) is 6.15. The normalized spacial score (nSPS) is 12.4. The van der Waals surface area contributed by atoms with E-state index in [1.54, 1.807) is 0 Å². The highest BCUT2D eigenvalue weighted by Crippen LogP contribution is 2.44. The average Bonchev–Trinajstić information content (AvgIpc) is 2.86. The van der Waals surface area contributed by atoms with E-state index >= 15 is 0 Å². The lowest BCUT2D eigenvalue weighted by Crippen LogP contribution is -2.34. The van der Waals surface area contributed by atoms with Crippen LogP contribution >= 0.6 is 11.3 Å². The second-order valence-corrected chi connectivity index (χ2v) is 5.70. The molecule has 0 atom stereocenters. The highest BCUT2D eigenvalue weighted by atomic mass is 32.1. The van der Waals surface area contributed by atoms with E-state index in [-0.39, 0.29) is 17.1 Å². The Hall–Kier alpha value is -2.10. The summed E-state index contributed by atoms with van der Waals surface area (Å²) in [6, 6.07) is 4.14. The number of nitrogens with zero attached hydrogens (tertiary/aromatic N) is 2. The first-order chi connectivity index (χ1) is 10.5. The summed E-state index contributed by atoms with van der Waals surface area (Å²) in [4.78, 5) is 13.5. The third-order valence-corrected chi connectivity index (χ3v) is 3.89. The summed E-state index contributed by atoms with van der Waals surface area (Å²) in [7, 11) is 0. The fourth-order valence-corrected chi connectivity index (χ4v) is 2.74. The van der Waals surface area contributed by atoms with Crippen molar-refractivity contribution in [3.63, 3.8) is 0 Å². The zero-order valence-corrected chi connectivity index (χ0v) is 12.3. The third kappa shape index (κ3) is 3.46. The van der Waals surface area contributed by atoms with Crippen LogP contribution in [0.1, 0.15) is 21.8 Å². The predicted octanol–water partition coefficient (Wildman–Crippen LogP) is 4.60. The van der Waals surface area contributed by atoms with Crippen LogP contribution < -0.4 is 0 Å². The Bertz CT molecular complexity index is 742. The highest BCUT2D eigenvalue weighted by molar-refractivity contribution is 7.09. The smallest absolute Gasteiger partial charge is 0.258 e. The monoisotopic (exact) mass is 352 g/mol. The number of hydrogen-bond acceptors (Lipinski definition) is 4. The third-order valence-electron chi connectivity index (χ3n) is 3.04. The number of aromatic nitrogens is 1. The van der Waals surface area contributed by atoms with Gasteiger partial charge in [-0.3, -0.25) is 10.1 Å². The lowest BCUT2D eigenvalue weighted by molar-refractivity contribution is -0.385. The van der Waals surface area contributed by atoms with Crippen LogP contribution in [0, 0.1) is 17.0 Å². The molecule has 1 aromatic carbocycles. The Morgan fingerprint density at radius 1 is 1.26 bits per heavy atom. The van der Waals surface area contributed by atoms with Crippen molar-refractivity contribution >= 4 is 17.0 Å². The van der Waals surface area contributed by atoms with Crippen molar-refractivity contribution in [2.45, 2.75) is 25.4 Å². The molecule has 0 fully saturated rings. The Labute approximate surface area is 130 Å². The molecule has 0 unspecified atom stereocenters. The van der Waals surface area contributed by atoms with Gasteiger partial charge in [-0.2, -0.15) is 22.0 Å². The predicted molar refractivity (Wildman–Crippen MR) is 72.7 cm³/mol. The van der Waals surface area contributed by atoms with Gasteiger partial charge in [0.2, 0.25) is 0 Å². The van der Waals surface area contributed by atoms with Gasteiger partial charge < -0.3 is 0 Å². The Morgan fingerprint density at radius 3 is 2.43 bits per heavy atom. The average molecular weight is 352 g/mol. The number of hydrogen-bond donors (Lipinski definition) is 0. The number of alkyl halides is 5. The van der Waals surface area contributed by atoms with Crippen LogP contribution in [0.3, 0.4) is 0 Å². The number of benzene rings is 1. The molecule has 0 amide bonds. The zero-order valence-electron chi connectivity index (χ0n) is 11.5. The van der Waals surface area contributed by atoms with Gasteiger partial charge in [-0.05, 0) is 18.6 Å². The van der Waals surface area contributed by atoms with Gasteiger partial charge in [-0.15, -0.1) is 11.3 Å². The molecule has 23 heavy (non-hydrogen) atoms. The molecule has 1 aromatic heterocycles. The molecule has 1 heterocycles. The molecule has 0 aliphatic carbocycles. The van der Waals surface area contributed by atoms with E-state index in [1.165, 1.54) is 25.1 Å². The molecule has 124 valence electrons. The van der Waals surface area contributed by atoms with E-state index in [2.05, 4.69) is 4.98 Å². The summed E-state index contributed by atoms with van der Waals surface area (Å²) in [5.74, 6) is -5.01. The second kappa shape index (κ2) is 5.84. The van der Waals surface area contributed by atoms with Crippen LogP contribution in [0.25, 0.3) is 0 Å². The number of halogens is 5. The van der Waals surface area contributed by atoms with Crippen LogP contribution in [0.4, 0.5) is 27.6 Å². The van der Waals surface area contributed by atoms with Gasteiger partial charge in [0.1, 0.15) is 5.69 Å². The molecule has 0 saturated carbocycles. The number of nitro benzene ring substituents is 1. The van der Waals surface area contributed by atoms with E-state index in [9.17, 15) is 32.1 Å². The van der Waals surface area contributed by atoms with Crippen molar-refractivity contribution in [2.75, 3.05) is 0 Å². The molecule has 0 saturated heterocycles. The van der Waals surface area contributed by atoms with Crippen molar-refractivity contribution in [1.29, 1.82) is 0 Å². The van der Waals surface area contributed by atoms with Crippen molar-refractivity contribution in [3.8, 4) is 0 Å². The zero-order chi connectivity index (χ0) is 17.4. The Kier molecular flexibility index (Phi) is 4.38. The Morgan fingerprint density at radius 2 is 1.91 bits per heavy atom. The number of rotatable bonds is 4. The minimum Gasteiger partial charge on any atom is -0.258 e. The first-order valence-corrected chi connectivity index (χ1v) is 7.03. The van der Waals surface area contributed by atoms with Crippen molar-refractivity contribution in [1.82, 2.24) is 4.98 Å². The molecule has 4 nitrogen and oxygen atoms in total. The fraction of sp³-hybridized carbons (Fsp3) is 0.308. The number of thiazole rings is 1. The van der Waals surface area contributed by atoms with Crippen molar-refractivity contribution < 1.29 is 26.9 Å². The van der Waals surface area contributed by atoms with Crippen molar-refractivity contribution in [3.05, 3.63) is 55.5 Å². The quantitative estimate of drug-likeness (QED) is 0.459. The summed E-state index contributed by atoms with van der Waals surface area (Å²) in [5.41, 5.74) is -0.546. The van der Waals surface area contributed by atoms with Crippen LogP contribution in [0.2, 0.25) is 0 Å². The summed E-state index contributed by atoms with van der Waals surface area (Å²) in [5, 5.41) is 11.4. The molecular weight excluding hydrogens is 343 g/mol. The van der Waals surface area contributed by atoms with E-state index < -0.39 is 22.7 Å². The van der Waals surface area contributed by atoms with Crippen LogP contribution in [-0.2, 0) is 12.3 Å². The maximum absolute atomic E-state index is 13.2. The maximum Gasteiger partial charge on any atom is 0.459 e. The lowest BCUT2D eigenvalue weighted by atomic mass is 10.1. The number of nitro groups is 1. The molecule has 10 heteroatoms. The molecule has 2 aromatic rings. The molecule has 0 aliphatic heterocycles. The van der Waals surface area contributed by atoms with E-state index in [4.69, 9.17) is 0 Å². The van der Waals surface area contributed by atoms with E-state index in [0.29, 0.717) is 27.8 Å². The summed E-state index contributed by atoms with van der Waals surface area (Å²) < 4.78 is 63.2. The molecular formula is C13H9F5N2O2S. The molecule has 2 rings (SSSR count). The molecule has 0 aliphatic rings. The van der Waals surface area contributed by atoms with Crippen LogP contribution in [-0.4, -0.2) is 16.1 Å². The minimum absolute atomic E-state index is 0.0113.